The molecule has 1 rings (SSSR count). The van der Waals surface area contributed by atoms with E-state index in [0.717, 1.165) is 24.9 Å². The molecular weight excluding hydrogens is 218 g/mol. The number of amides is 1. The van der Waals surface area contributed by atoms with E-state index in [2.05, 4.69) is 24.9 Å². The number of thiol groups is 1. The predicted octanol–water partition coefficient (Wildman–Crippen LogP) is 3.50. The lowest BCUT2D eigenvalue weighted by molar-refractivity contribution is -0.115. The summed E-state index contributed by atoms with van der Waals surface area (Å²) in [5.41, 5.74) is 0.835. The lowest BCUT2D eigenvalue weighted by Gasteiger charge is -2.11. The minimum atomic E-state index is -0.202. The molecule has 0 heterocycles. The third kappa shape index (κ3) is 4.71. The van der Waals surface area contributed by atoms with E-state index >= 15 is 0 Å². The zero-order valence-electron chi connectivity index (χ0n) is 9.65. The molecule has 1 N–H and O–H groups in total. The Kier molecular flexibility index (Phi) is 6.01. The van der Waals surface area contributed by atoms with Crippen molar-refractivity contribution in [2.45, 2.75) is 37.9 Å². The Balaban J connectivity index is 2.34. The van der Waals surface area contributed by atoms with Gasteiger partial charge in [0, 0.05) is 5.69 Å². The molecule has 1 aromatic carbocycles. The van der Waals surface area contributed by atoms with Gasteiger partial charge in [0.15, 0.2) is 0 Å². The number of unbranched alkanes of at least 4 members (excludes halogenated alkanes) is 2. The minimum Gasteiger partial charge on any atom is -0.325 e. The highest BCUT2D eigenvalue weighted by molar-refractivity contribution is 7.81. The minimum absolute atomic E-state index is 0.00867. The van der Waals surface area contributed by atoms with Gasteiger partial charge in [0.25, 0.3) is 0 Å². The van der Waals surface area contributed by atoms with Crippen molar-refractivity contribution < 1.29 is 4.79 Å². The smallest absolute Gasteiger partial charge is 0.237 e. The summed E-state index contributed by atoms with van der Waals surface area (Å²) in [4.78, 5) is 11.7. The van der Waals surface area contributed by atoms with Crippen molar-refractivity contribution in [1.82, 2.24) is 0 Å². The van der Waals surface area contributed by atoms with Gasteiger partial charge in [0.2, 0.25) is 5.91 Å². The molecule has 0 fully saturated rings. The van der Waals surface area contributed by atoms with Crippen LogP contribution in [0.4, 0.5) is 5.69 Å². The fraction of sp³-hybridized carbons (Fsp3) is 0.462. The molecule has 0 aliphatic heterocycles. The van der Waals surface area contributed by atoms with E-state index in [-0.39, 0.29) is 11.2 Å². The van der Waals surface area contributed by atoms with Gasteiger partial charge in [-0.15, -0.1) is 0 Å². The van der Waals surface area contributed by atoms with E-state index in [0.29, 0.717) is 0 Å². The summed E-state index contributed by atoms with van der Waals surface area (Å²) in [6, 6.07) is 9.49. The molecule has 0 aromatic heterocycles. The van der Waals surface area contributed by atoms with Gasteiger partial charge in [-0.3, -0.25) is 4.79 Å². The number of hydrogen-bond acceptors (Lipinski definition) is 2. The summed E-state index contributed by atoms with van der Waals surface area (Å²) >= 11 is 4.32. The lowest BCUT2D eigenvalue weighted by Crippen LogP contribution is -2.23. The van der Waals surface area contributed by atoms with Crippen LogP contribution in [0.5, 0.6) is 0 Å². The Morgan fingerprint density at radius 2 is 2.00 bits per heavy atom. The molecule has 88 valence electrons. The number of carbonyl (C=O) groups is 1. The van der Waals surface area contributed by atoms with Gasteiger partial charge in [-0.05, 0) is 18.6 Å². The Morgan fingerprint density at radius 3 is 2.62 bits per heavy atom. The van der Waals surface area contributed by atoms with Crippen LogP contribution in [0.3, 0.4) is 0 Å². The number of para-hydroxylation sites is 1. The van der Waals surface area contributed by atoms with Gasteiger partial charge in [-0.2, -0.15) is 12.6 Å². The largest absolute Gasteiger partial charge is 0.325 e. The first-order valence-corrected chi connectivity index (χ1v) is 6.29. The summed E-state index contributed by atoms with van der Waals surface area (Å²) in [6.07, 6.45) is 4.24. The van der Waals surface area contributed by atoms with E-state index in [4.69, 9.17) is 0 Å². The van der Waals surface area contributed by atoms with Crippen molar-refractivity contribution in [1.29, 1.82) is 0 Å². The number of anilines is 1. The normalized spacial score (nSPS) is 12.1. The van der Waals surface area contributed by atoms with Crippen LogP contribution in [0.25, 0.3) is 0 Å². The second kappa shape index (κ2) is 7.34. The van der Waals surface area contributed by atoms with Gasteiger partial charge in [0.1, 0.15) is 0 Å². The topological polar surface area (TPSA) is 29.1 Å². The first-order valence-electron chi connectivity index (χ1n) is 5.78. The molecule has 2 nitrogen and oxygen atoms in total. The average molecular weight is 237 g/mol. The first kappa shape index (κ1) is 13.1. The van der Waals surface area contributed by atoms with Gasteiger partial charge in [-0.1, -0.05) is 44.4 Å². The SMILES string of the molecule is CCCCCC(S)C(=O)Nc1ccccc1. The monoisotopic (exact) mass is 237 g/mol. The molecular formula is C13H19NOS. The van der Waals surface area contributed by atoms with Crippen LogP contribution in [-0.2, 0) is 4.79 Å². The van der Waals surface area contributed by atoms with Crippen molar-refractivity contribution >= 4 is 24.2 Å². The molecule has 1 unspecified atom stereocenters. The lowest BCUT2D eigenvalue weighted by atomic mass is 10.1. The number of hydrogen-bond donors (Lipinski definition) is 2. The number of rotatable bonds is 6. The van der Waals surface area contributed by atoms with Crippen molar-refractivity contribution in [3.8, 4) is 0 Å². The van der Waals surface area contributed by atoms with E-state index in [1.165, 1.54) is 6.42 Å². The third-order valence-electron chi connectivity index (χ3n) is 2.43. The van der Waals surface area contributed by atoms with Crippen LogP contribution in [0, 0.1) is 0 Å². The summed E-state index contributed by atoms with van der Waals surface area (Å²) in [7, 11) is 0. The molecule has 16 heavy (non-hydrogen) atoms. The molecule has 3 heteroatoms. The Hall–Kier alpha value is -0.960. The summed E-state index contributed by atoms with van der Waals surface area (Å²) < 4.78 is 0. The fourth-order valence-electron chi connectivity index (χ4n) is 1.47. The molecule has 0 bridgehead atoms. The third-order valence-corrected chi connectivity index (χ3v) is 2.92. The van der Waals surface area contributed by atoms with Crippen molar-refractivity contribution in [3.63, 3.8) is 0 Å². The molecule has 0 radical (unpaired) electrons. The second-order valence-corrected chi connectivity index (χ2v) is 4.49. The van der Waals surface area contributed by atoms with Crippen molar-refractivity contribution in [2.24, 2.45) is 0 Å². The highest BCUT2D eigenvalue weighted by atomic mass is 32.1. The maximum Gasteiger partial charge on any atom is 0.237 e. The summed E-state index contributed by atoms with van der Waals surface area (Å²) in [5, 5.41) is 2.65. The Labute approximate surface area is 103 Å². The van der Waals surface area contributed by atoms with Crippen LogP contribution < -0.4 is 5.32 Å². The Bertz CT molecular complexity index is 313. The van der Waals surface area contributed by atoms with E-state index in [1.54, 1.807) is 0 Å². The number of carbonyl (C=O) groups excluding carboxylic acids is 1. The molecule has 1 amide bonds. The number of nitrogens with one attached hydrogen (secondary N) is 1. The van der Waals surface area contributed by atoms with Crippen molar-refractivity contribution in [2.75, 3.05) is 5.32 Å². The molecule has 1 aromatic rings. The molecule has 0 aliphatic carbocycles. The van der Waals surface area contributed by atoms with Gasteiger partial charge in [-0.25, -0.2) is 0 Å². The van der Waals surface area contributed by atoms with Crippen LogP contribution >= 0.6 is 12.6 Å². The maximum atomic E-state index is 11.7. The van der Waals surface area contributed by atoms with E-state index < -0.39 is 0 Å². The number of benzene rings is 1. The predicted molar refractivity (Wildman–Crippen MR) is 72.0 cm³/mol. The zero-order valence-corrected chi connectivity index (χ0v) is 10.5. The van der Waals surface area contributed by atoms with Crippen LogP contribution in [0.15, 0.2) is 30.3 Å². The van der Waals surface area contributed by atoms with Crippen molar-refractivity contribution in [3.05, 3.63) is 30.3 Å². The molecule has 0 aliphatic rings. The van der Waals surface area contributed by atoms with Gasteiger partial charge >= 0.3 is 0 Å². The zero-order chi connectivity index (χ0) is 11.8. The highest BCUT2D eigenvalue weighted by Crippen LogP contribution is 2.12. The highest BCUT2D eigenvalue weighted by Gasteiger charge is 2.12. The molecule has 1 atom stereocenters. The van der Waals surface area contributed by atoms with Crippen LogP contribution in [0.1, 0.15) is 32.6 Å². The maximum absolute atomic E-state index is 11.7. The summed E-state index contributed by atoms with van der Waals surface area (Å²) in [6.45, 7) is 2.15. The van der Waals surface area contributed by atoms with Crippen LogP contribution in [0.2, 0.25) is 0 Å². The molecule has 0 saturated heterocycles. The first-order chi connectivity index (χ1) is 7.74. The fourth-order valence-corrected chi connectivity index (χ4v) is 1.71. The summed E-state index contributed by atoms with van der Waals surface area (Å²) in [5.74, 6) is -0.00867. The second-order valence-electron chi connectivity index (χ2n) is 3.87. The molecule has 0 saturated carbocycles. The van der Waals surface area contributed by atoms with E-state index in [9.17, 15) is 4.79 Å². The average Bonchev–Trinajstić information content (AvgIpc) is 2.30. The quantitative estimate of drug-likeness (QED) is 0.575. The van der Waals surface area contributed by atoms with Gasteiger partial charge < -0.3 is 5.32 Å². The van der Waals surface area contributed by atoms with E-state index in [1.807, 2.05) is 30.3 Å². The van der Waals surface area contributed by atoms with Gasteiger partial charge in [0.05, 0.1) is 5.25 Å². The standard InChI is InChI=1S/C13H19NOS/c1-2-3-5-10-12(16)13(15)14-11-8-6-4-7-9-11/h4,6-9,12,16H,2-3,5,10H2,1H3,(H,14,15). The Morgan fingerprint density at radius 1 is 1.31 bits per heavy atom. The molecule has 0 spiro atoms. The van der Waals surface area contributed by atoms with Crippen LogP contribution in [-0.4, -0.2) is 11.2 Å².